The summed E-state index contributed by atoms with van der Waals surface area (Å²) in [5.41, 5.74) is 0.841. The van der Waals surface area contributed by atoms with Gasteiger partial charge in [0.25, 0.3) is 6.01 Å². The van der Waals surface area contributed by atoms with Gasteiger partial charge in [-0.15, -0.1) is 0 Å². The molecule has 1 saturated heterocycles. The molecule has 1 aromatic rings. The third kappa shape index (κ3) is 3.96. The number of sulfone groups is 1. The molecular formula is C13H23N3O3S. The lowest BCUT2D eigenvalue weighted by Crippen LogP contribution is -2.32. The van der Waals surface area contributed by atoms with E-state index < -0.39 is 9.84 Å². The molecule has 6 nitrogen and oxygen atoms in total. The van der Waals surface area contributed by atoms with Crippen molar-refractivity contribution >= 4 is 15.9 Å². The van der Waals surface area contributed by atoms with E-state index in [1.165, 1.54) is 0 Å². The van der Waals surface area contributed by atoms with E-state index >= 15 is 0 Å². The van der Waals surface area contributed by atoms with Crippen molar-refractivity contribution < 1.29 is 12.8 Å². The molecule has 1 aromatic heterocycles. The van der Waals surface area contributed by atoms with Crippen molar-refractivity contribution in [3.05, 3.63) is 12.0 Å². The van der Waals surface area contributed by atoms with E-state index in [2.05, 4.69) is 24.1 Å². The van der Waals surface area contributed by atoms with Crippen LogP contribution < -0.4 is 10.2 Å². The minimum atomic E-state index is -2.89. The van der Waals surface area contributed by atoms with Crippen LogP contribution in [0.5, 0.6) is 0 Å². The van der Waals surface area contributed by atoms with Gasteiger partial charge in [0.05, 0.1) is 17.2 Å². The summed E-state index contributed by atoms with van der Waals surface area (Å²) in [7, 11) is -1.05. The highest BCUT2D eigenvalue weighted by Crippen LogP contribution is 2.22. The molecule has 20 heavy (non-hydrogen) atoms. The second-order valence-electron chi connectivity index (χ2n) is 5.81. The molecule has 0 aromatic carbocycles. The van der Waals surface area contributed by atoms with Gasteiger partial charge in [0.1, 0.15) is 6.26 Å². The molecule has 0 amide bonds. The van der Waals surface area contributed by atoms with E-state index in [-0.39, 0.29) is 17.5 Å². The second-order valence-corrected chi connectivity index (χ2v) is 8.04. The molecule has 0 aliphatic carbocycles. The smallest absolute Gasteiger partial charge is 0.297 e. The molecule has 1 fully saturated rings. The first kappa shape index (κ1) is 15.3. The molecule has 114 valence electrons. The summed E-state index contributed by atoms with van der Waals surface area (Å²) in [6, 6.07) is 0.462. The summed E-state index contributed by atoms with van der Waals surface area (Å²) < 4.78 is 28.4. The Bertz CT molecular complexity index is 539. The van der Waals surface area contributed by atoms with E-state index in [0.29, 0.717) is 24.9 Å². The maximum absolute atomic E-state index is 11.5. The summed E-state index contributed by atoms with van der Waals surface area (Å²) in [5, 5.41) is 3.30. The lowest BCUT2D eigenvalue weighted by molar-refractivity contribution is 0.519. The van der Waals surface area contributed by atoms with Crippen molar-refractivity contribution in [2.24, 2.45) is 5.92 Å². The Hall–Kier alpha value is -1.08. The predicted molar refractivity (Wildman–Crippen MR) is 78.5 cm³/mol. The Morgan fingerprint density at radius 3 is 2.90 bits per heavy atom. The zero-order valence-electron chi connectivity index (χ0n) is 12.3. The fourth-order valence-corrected chi connectivity index (χ4v) is 4.04. The summed E-state index contributed by atoms with van der Waals surface area (Å²) in [6.07, 6.45) is 2.27. The molecule has 1 atom stereocenters. The first-order valence-electron chi connectivity index (χ1n) is 6.96. The van der Waals surface area contributed by atoms with Crippen LogP contribution in [0.4, 0.5) is 6.01 Å². The Kier molecular flexibility index (Phi) is 4.70. The minimum Gasteiger partial charge on any atom is -0.432 e. The maximum atomic E-state index is 11.5. The normalized spacial score (nSPS) is 21.5. The highest BCUT2D eigenvalue weighted by Gasteiger charge is 2.32. The van der Waals surface area contributed by atoms with Gasteiger partial charge in [-0.1, -0.05) is 13.8 Å². The monoisotopic (exact) mass is 301 g/mol. The highest BCUT2D eigenvalue weighted by molar-refractivity contribution is 7.91. The van der Waals surface area contributed by atoms with Gasteiger partial charge in [-0.2, -0.15) is 4.98 Å². The Balaban J connectivity index is 1.91. The van der Waals surface area contributed by atoms with Gasteiger partial charge < -0.3 is 14.6 Å². The fraction of sp³-hybridized carbons (Fsp3) is 0.769. The van der Waals surface area contributed by atoms with Crippen LogP contribution in [0, 0.1) is 5.92 Å². The van der Waals surface area contributed by atoms with Crippen molar-refractivity contribution in [2.75, 3.05) is 30.0 Å². The van der Waals surface area contributed by atoms with Gasteiger partial charge >= 0.3 is 0 Å². The maximum Gasteiger partial charge on any atom is 0.297 e. The van der Waals surface area contributed by atoms with Gasteiger partial charge in [-0.05, 0) is 18.9 Å². The van der Waals surface area contributed by atoms with E-state index in [1.807, 2.05) is 11.9 Å². The largest absolute Gasteiger partial charge is 0.432 e. The summed E-state index contributed by atoms with van der Waals surface area (Å²) in [4.78, 5) is 6.23. The van der Waals surface area contributed by atoms with Crippen LogP contribution in [-0.4, -0.2) is 44.5 Å². The molecule has 0 radical (unpaired) electrons. The molecular weight excluding hydrogens is 278 g/mol. The average Bonchev–Trinajstić information content (AvgIpc) is 2.94. The number of aromatic nitrogens is 1. The predicted octanol–water partition coefficient (Wildman–Crippen LogP) is 1.04. The van der Waals surface area contributed by atoms with Gasteiger partial charge in [0.2, 0.25) is 0 Å². The van der Waals surface area contributed by atoms with Crippen LogP contribution in [0.2, 0.25) is 0 Å². The van der Waals surface area contributed by atoms with E-state index in [9.17, 15) is 8.42 Å². The first-order chi connectivity index (χ1) is 9.37. The van der Waals surface area contributed by atoms with Crippen molar-refractivity contribution in [2.45, 2.75) is 32.9 Å². The molecule has 2 heterocycles. The summed E-state index contributed by atoms with van der Waals surface area (Å²) >= 11 is 0. The SMILES string of the molecule is CC(C)CNCc1coc(N(C)C2CCS(=O)(=O)C2)n1. The van der Waals surface area contributed by atoms with E-state index in [0.717, 1.165) is 12.2 Å². The van der Waals surface area contributed by atoms with E-state index in [4.69, 9.17) is 4.42 Å². The zero-order chi connectivity index (χ0) is 14.8. The lowest BCUT2D eigenvalue weighted by Gasteiger charge is -2.20. The second kappa shape index (κ2) is 6.13. The molecule has 7 heteroatoms. The van der Waals surface area contributed by atoms with Crippen molar-refractivity contribution in [1.29, 1.82) is 0 Å². The summed E-state index contributed by atoms with van der Waals surface area (Å²) in [6.45, 7) is 5.89. The van der Waals surface area contributed by atoms with Gasteiger partial charge in [0.15, 0.2) is 9.84 Å². The Morgan fingerprint density at radius 2 is 2.30 bits per heavy atom. The number of hydrogen-bond acceptors (Lipinski definition) is 6. The fourth-order valence-electron chi connectivity index (χ4n) is 2.27. The third-order valence-electron chi connectivity index (χ3n) is 3.46. The molecule has 1 aliphatic rings. The molecule has 0 bridgehead atoms. The Labute approximate surface area is 120 Å². The van der Waals surface area contributed by atoms with Gasteiger partial charge in [-0.25, -0.2) is 8.42 Å². The first-order valence-corrected chi connectivity index (χ1v) is 8.78. The van der Waals surface area contributed by atoms with Crippen molar-refractivity contribution in [1.82, 2.24) is 10.3 Å². The molecule has 2 rings (SSSR count). The van der Waals surface area contributed by atoms with Crippen LogP contribution in [0.1, 0.15) is 26.0 Å². The topological polar surface area (TPSA) is 75.4 Å². The summed E-state index contributed by atoms with van der Waals surface area (Å²) in [5.74, 6) is 1.03. The number of nitrogens with zero attached hydrogens (tertiary/aromatic N) is 2. The highest BCUT2D eigenvalue weighted by atomic mass is 32.2. The molecule has 0 spiro atoms. The number of oxazole rings is 1. The van der Waals surface area contributed by atoms with Crippen LogP contribution >= 0.6 is 0 Å². The van der Waals surface area contributed by atoms with E-state index in [1.54, 1.807) is 6.26 Å². The molecule has 1 N–H and O–H groups in total. The van der Waals surface area contributed by atoms with Crippen molar-refractivity contribution in [3.63, 3.8) is 0 Å². The molecule has 0 saturated carbocycles. The van der Waals surface area contributed by atoms with Gasteiger partial charge in [0, 0.05) is 19.6 Å². The van der Waals surface area contributed by atoms with Gasteiger partial charge in [-0.3, -0.25) is 0 Å². The molecule has 1 aliphatic heterocycles. The average molecular weight is 301 g/mol. The van der Waals surface area contributed by atoms with Crippen LogP contribution in [-0.2, 0) is 16.4 Å². The number of nitrogens with one attached hydrogen (secondary N) is 1. The number of anilines is 1. The quantitative estimate of drug-likeness (QED) is 0.846. The minimum absolute atomic E-state index is 0.0323. The van der Waals surface area contributed by atoms with Crippen molar-refractivity contribution in [3.8, 4) is 0 Å². The number of rotatable bonds is 6. The van der Waals surface area contributed by atoms with Crippen LogP contribution in [0.25, 0.3) is 0 Å². The van der Waals surface area contributed by atoms with Crippen LogP contribution in [0.3, 0.4) is 0 Å². The number of hydrogen-bond donors (Lipinski definition) is 1. The standard InChI is InChI=1S/C13H23N3O3S/c1-10(2)6-14-7-11-8-19-13(15-11)16(3)12-4-5-20(17,18)9-12/h8,10,12,14H,4-7,9H2,1-3H3. The van der Waals surface area contributed by atoms with Crippen LogP contribution in [0.15, 0.2) is 10.7 Å². The molecule has 1 unspecified atom stereocenters. The third-order valence-corrected chi connectivity index (χ3v) is 5.21. The lowest BCUT2D eigenvalue weighted by atomic mass is 10.2. The Morgan fingerprint density at radius 1 is 1.55 bits per heavy atom. The zero-order valence-corrected chi connectivity index (χ0v) is 13.1.